The predicted octanol–water partition coefficient (Wildman–Crippen LogP) is 1.62. The zero-order valence-electron chi connectivity index (χ0n) is 13.0. The van der Waals surface area contributed by atoms with Crippen molar-refractivity contribution in [2.45, 2.75) is 6.54 Å². The molecule has 1 heterocycles. The third-order valence-electron chi connectivity index (χ3n) is 3.36. The van der Waals surface area contributed by atoms with Crippen LogP contribution in [0.4, 0.5) is 0 Å². The van der Waals surface area contributed by atoms with Gasteiger partial charge in [0.2, 0.25) is 5.75 Å². The summed E-state index contributed by atoms with van der Waals surface area (Å²) in [5, 5.41) is 12.9. The van der Waals surface area contributed by atoms with Gasteiger partial charge in [0.05, 0.1) is 21.3 Å². The van der Waals surface area contributed by atoms with Crippen LogP contribution in [0.5, 0.6) is 17.2 Å². The Labute approximate surface area is 135 Å². The van der Waals surface area contributed by atoms with Crippen LogP contribution in [0.25, 0.3) is 0 Å². The summed E-state index contributed by atoms with van der Waals surface area (Å²) in [5.41, 5.74) is 0.553. The molecule has 0 N–H and O–H groups in total. The van der Waals surface area contributed by atoms with E-state index in [2.05, 4.69) is 0 Å². The van der Waals surface area contributed by atoms with Crippen LogP contribution in [0.2, 0.25) is 0 Å². The number of benzene rings is 1. The molecule has 124 valence electrons. The van der Waals surface area contributed by atoms with Crippen LogP contribution in [0, 0.1) is 5.21 Å². The molecule has 0 aliphatic carbocycles. The van der Waals surface area contributed by atoms with Gasteiger partial charge in [-0.3, -0.25) is 4.65 Å². The Morgan fingerprint density at radius 1 is 1.04 bits per heavy atom. The normalized spacial score (nSPS) is 19.6. The summed E-state index contributed by atoms with van der Waals surface area (Å²) in [5.74, 6) is 1.20. The lowest BCUT2D eigenvalue weighted by Crippen LogP contribution is -2.42. The second-order valence-corrected chi connectivity index (χ2v) is 5.65. The van der Waals surface area contributed by atoms with Crippen molar-refractivity contribution in [1.82, 2.24) is 0 Å². The highest BCUT2D eigenvalue weighted by molar-refractivity contribution is 7.72. The maximum Gasteiger partial charge on any atom is 0.277 e. The molecule has 0 spiro atoms. The lowest BCUT2D eigenvalue weighted by molar-refractivity contribution is -0.744. The van der Waals surface area contributed by atoms with E-state index in [0.717, 1.165) is 0 Å². The minimum Gasteiger partial charge on any atom is -0.621 e. The molecule has 1 aromatic carbocycles. The van der Waals surface area contributed by atoms with Crippen LogP contribution in [-0.2, 0) is 16.8 Å². The van der Waals surface area contributed by atoms with Crippen LogP contribution < -0.4 is 14.2 Å². The third-order valence-corrected chi connectivity index (χ3v) is 4.15. The Morgan fingerprint density at radius 2 is 1.65 bits per heavy atom. The van der Waals surface area contributed by atoms with Crippen molar-refractivity contribution in [1.29, 1.82) is 0 Å². The molecule has 1 atom stereocenters. The number of hydroxylamine groups is 3. The summed E-state index contributed by atoms with van der Waals surface area (Å²) in [6, 6.07) is 3.24. The lowest BCUT2D eigenvalue weighted by atomic mass is 10.1. The van der Waals surface area contributed by atoms with Crippen LogP contribution in [0.15, 0.2) is 36.6 Å². The Morgan fingerprint density at radius 3 is 2.13 bits per heavy atom. The fourth-order valence-corrected chi connectivity index (χ4v) is 2.90. The molecule has 0 saturated carbocycles. The molecular weight excluding hydrogens is 322 g/mol. The highest BCUT2D eigenvalue weighted by Gasteiger charge is 2.26. The molecule has 2 rings (SSSR count). The molecule has 8 heteroatoms. The van der Waals surface area contributed by atoms with Gasteiger partial charge in [-0.05, 0) is 24.3 Å². The molecule has 0 fully saturated rings. The molecule has 0 saturated heterocycles. The summed E-state index contributed by atoms with van der Waals surface area (Å²) in [6.07, 6.45) is 5.58. The van der Waals surface area contributed by atoms with Crippen LogP contribution in [0.3, 0.4) is 0 Å². The first-order valence-corrected chi connectivity index (χ1v) is 7.73. The predicted molar refractivity (Wildman–Crippen MR) is 85.6 cm³/mol. The number of nitrogens with zero attached hydrogens (tertiary/aromatic N) is 1. The summed E-state index contributed by atoms with van der Waals surface area (Å²) in [4.78, 5) is -0.263. The molecule has 1 aromatic rings. The Kier molecular flexibility index (Phi) is 5.09. The van der Waals surface area contributed by atoms with Crippen LogP contribution in [0.1, 0.15) is 5.56 Å². The number of rotatable bonds is 5. The number of hydrogen-bond acceptors (Lipinski definition) is 6. The summed E-state index contributed by atoms with van der Waals surface area (Å²) >= 11 is 0. The van der Waals surface area contributed by atoms with Gasteiger partial charge < -0.3 is 19.4 Å². The number of quaternary nitrogens is 1. The van der Waals surface area contributed by atoms with E-state index in [-0.39, 0.29) is 11.5 Å². The number of ether oxygens (including phenoxy) is 3. The molecule has 23 heavy (non-hydrogen) atoms. The Hall–Kier alpha value is -2.29. The maximum absolute atomic E-state index is 12.9. The topological polar surface area (TPSA) is 84.9 Å². The van der Waals surface area contributed by atoms with Gasteiger partial charge in [0, 0.05) is 11.6 Å². The molecule has 0 bridgehead atoms. The first-order chi connectivity index (χ1) is 10.9. The van der Waals surface area contributed by atoms with Crippen molar-refractivity contribution < 1.29 is 27.3 Å². The molecule has 0 aromatic heterocycles. The smallest absolute Gasteiger partial charge is 0.277 e. The minimum atomic E-state index is -2.61. The average molecular weight is 339 g/mol. The average Bonchev–Trinajstić information content (AvgIpc) is 2.53. The van der Waals surface area contributed by atoms with Gasteiger partial charge in [0.15, 0.2) is 11.5 Å². The second-order valence-electron chi connectivity index (χ2n) is 4.76. The highest BCUT2D eigenvalue weighted by Crippen LogP contribution is 2.39. The summed E-state index contributed by atoms with van der Waals surface area (Å²) < 4.78 is 37.2. The van der Waals surface area contributed by atoms with Gasteiger partial charge in [0.25, 0.3) is 15.3 Å². The van der Waals surface area contributed by atoms with E-state index in [0.29, 0.717) is 22.8 Å². The Balaban J connectivity index is 2.50. The molecule has 1 aliphatic heterocycles. The SMILES string of the molecule is COc1cc(C[N+]2([O-])C=CC=CC2=S(=O)=O)cc(OC)c1OC. The van der Waals surface area contributed by atoms with Gasteiger partial charge in [0.1, 0.15) is 12.7 Å². The van der Waals surface area contributed by atoms with E-state index in [1.807, 2.05) is 0 Å². The van der Waals surface area contributed by atoms with E-state index in [1.165, 1.54) is 45.8 Å². The first-order valence-electron chi connectivity index (χ1n) is 6.65. The van der Waals surface area contributed by atoms with E-state index in [1.54, 1.807) is 12.1 Å². The van der Waals surface area contributed by atoms with Gasteiger partial charge >= 0.3 is 0 Å². The second kappa shape index (κ2) is 6.86. The van der Waals surface area contributed by atoms with Gasteiger partial charge in [-0.1, -0.05) is 0 Å². The standard InChI is InChI=1S/C15H17NO6S/c1-20-12-8-11(9-13(21-2)15(12)22-3)10-16(17)7-5-4-6-14(16)23(18)19/h4-9H,10H2,1-3H3. The van der Waals surface area contributed by atoms with Crippen molar-refractivity contribution in [2.24, 2.45) is 0 Å². The zero-order valence-corrected chi connectivity index (χ0v) is 13.8. The number of hydrogen-bond donors (Lipinski definition) is 0. The van der Waals surface area contributed by atoms with E-state index < -0.39 is 14.9 Å². The van der Waals surface area contributed by atoms with Crippen molar-refractivity contribution in [3.63, 3.8) is 0 Å². The minimum absolute atomic E-state index is 0.124. The largest absolute Gasteiger partial charge is 0.621 e. The van der Waals surface area contributed by atoms with E-state index in [4.69, 9.17) is 14.2 Å². The molecule has 0 amide bonds. The van der Waals surface area contributed by atoms with Gasteiger partial charge in [-0.15, -0.1) is 0 Å². The maximum atomic E-state index is 12.9. The Bertz CT molecular complexity index is 763. The van der Waals surface area contributed by atoms with E-state index in [9.17, 15) is 13.6 Å². The number of allylic oxidation sites excluding steroid dienone is 2. The van der Waals surface area contributed by atoms with Crippen molar-refractivity contribution in [3.8, 4) is 17.2 Å². The summed E-state index contributed by atoms with van der Waals surface area (Å²) in [6.45, 7) is -0.124. The van der Waals surface area contributed by atoms with Crippen molar-refractivity contribution in [3.05, 3.63) is 47.3 Å². The molecule has 1 unspecified atom stereocenters. The number of methoxy groups -OCH3 is 3. The first kappa shape index (κ1) is 17.1. The van der Waals surface area contributed by atoms with E-state index >= 15 is 0 Å². The van der Waals surface area contributed by atoms with Crippen molar-refractivity contribution >= 4 is 15.3 Å². The zero-order chi connectivity index (χ0) is 17.0. The third kappa shape index (κ3) is 3.39. The summed E-state index contributed by atoms with van der Waals surface area (Å²) in [7, 11) is 1.80. The van der Waals surface area contributed by atoms with Crippen molar-refractivity contribution in [2.75, 3.05) is 21.3 Å². The fraction of sp³-hybridized carbons (Fsp3) is 0.267. The fourth-order valence-electron chi connectivity index (χ4n) is 2.34. The van der Waals surface area contributed by atoms with Gasteiger partial charge in [-0.2, -0.15) is 8.42 Å². The quantitative estimate of drug-likeness (QED) is 0.460. The molecule has 0 radical (unpaired) electrons. The van der Waals surface area contributed by atoms with Crippen LogP contribution >= 0.6 is 0 Å². The highest BCUT2D eigenvalue weighted by atomic mass is 32.2. The molecule has 7 nitrogen and oxygen atoms in total. The molecule has 1 aliphatic rings. The monoisotopic (exact) mass is 339 g/mol. The molecular formula is C15H17NO6S. The van der Waals surface area contributed by atoms with Gasteiger partial charge in [-0.25, -0.2) is 0 Å². The lowest BCUT2D eigenvalue weighted by Gasteiger charge is -2.38. The van der Waals surface area contributed by atoms with Crippen LogP contribution in [-0.4, -0.2) is 39.4 Å².